The van der Waals surface area contributed by atoms with Crippen LogP contribution in [0.15, 0.2) is 48.5 Å². The van der Waals surface area contributed by atoms with Crippen LogP contribution >= 0.6 is 0 Å². The van der Waals surface area contributed by atoms with E-state index in [4.69, 9.17) is 4.74 Å². The Kier molecular flexibility index (Phi) is 5.16. The monoisotopic (exact) mass is 311 g/mol. The number of para-hydroxylation sites is 1. The molecule has 0 N–H and O–H groups in total. The van der Waals surface area contributed by atoms with E-state index in [9.17, 15) is 9.59 Å². The first-order valence-corrected chi connectivity index (χ1v) is 7.51. The molecule has 0 aliphatic rings. The molecule has 0 saturated carbocycles. The van der Waals surface area contributed by atoms with Gasteiger partial charge in [0.25, 0.3) is 5.91 Å². The Labute approximate surface area is 136 Å². The van der Waals surface area contributed by atoms with E-state index in [-0.39, 0.29) is 5.91 Å². The van der Waals surface area contributed by atoms with Gasteiger partial charge in [-0.05, 0) is 44.5 Å². The maximum atomic E-state index is 12.4. The number of aryl methyl sites for hydroxylation is 2. The van der Waals surface area contributed by atoms with E-state index in [0.717, 1.165) is 16.8 Å². The van der Waals surface area contributed by atoms with Gasteiger partial charge in [0, 0.05) is 12.7 Å². The summed E-state index contributed by atoms with van der Waals surface area (Å²) < 4.78 is 5.35. The van der Waals surface area contributed by atoms with Crippen LogP contribution < -0.4 is 4.90 Å². The Balaban J connectivity index is 2.09. The van der Waals surface area contributed by atoms with Crippen LogP contribution in [0.4, 0.5) is 5.69 Å². The fourth-order valence-corrected chi connectivity index (χ4v) is 2.28. The number of carbonyl (C=O) groups is 2. The van der Waals surface area contributed by atoms with Gasteiger partial charge in [0.1, 0.15) is 0 Å². The summed E-state index contributed by atoms with van der Waals surface area (Å²) in [6.07, 6.45) is -0.854. The molecule has 0 spiro atoms. The van der Waals surface area contributed by atoms with E-state index in [1.54, 1.807) is 20.0 Å². The average molecular weight is 311 g/mol. The summed E-state index contributed by atoms with van der Waals surface area (Å²) in [4.78, 5) is 26.2. The molecule has 4 heteroatoms. The lowest BCUT2D eigenvalue weighted by Gasteiger charge is -2.21. The molecule has 0 bridgehead atoms. The van der Waals surface area contributed by atoms with Crippen LogP contribution in [-0.2, 0) is 9.53 Å². The zero-order valence-electron chi connectivity index (χ0n) is 13.9. The quantitative estimate of drug-likeness (QED) is 0.812. The zero-order valence-corrected chi connectivity index (χ0v) is 13.9. The molecule has 1 atom stereocenters. The van der Waals surface area contributed by atoms with E-state index in [1.807, 2.05) is 56.3 Å². The maximum absolute atomic E-state index is 12.4. The molecule has 0 radical (unpaired) electrons. The van der Waals surface area contributed by atoms with Gasteiger partial charge in [0.2, 0.25) is 0 Å². The molecule has 0 aliphatic carbocycles. The number of hydrogen-bond donors (Lipinski definition) is 0. The van der Waals surface area contributed by atoms with Crippen molar-refractivity contribution in [1.82, 2.24) is 0 Å². The van der Waals surface area contributed by atoms with E-state index in [1.165, 1.54) is 4.90 Å². The van der Waals surface area contributed by atoms with E-state index in [2.05, 4.69) is 0 Å². The SMILES string of the molecule is Cc1ccc(C)c(C(=O)O[C@H](C)C(=O)N(C)c2ccccc2)c1. The van der Waals surface area contributed by atoms with Gasteiger partial charge < -0.3 is 9.64 Å². The van der Waals surface area contributed by atoms with Crippen LogP contribution in [0.1, 0.15) is 28.4 Å². The predicted molar refractivity (Wildman–Crippen MR) is 90.6 cm³/mol. The highest BCUT2D eigenvalue weighted by Crippen LogP contribution is 2.16. The number of esters is 1. The van der Waals surface area contributed by atoms with Crippen molar-refractivity contribution >= 4 is 17.6 Å². The van der Waals surface area contributed by atoms with Crippen molar-refractivity contribution in [2.75, 3.05) is 11.9 Å². The van der Waals surface area contributed by atoms with E-state index in [0.29, 0.717) is 5.56 Å². The van der Waals surface area contributed by atoms with Crippen molar-refractivity contribution in [2.45, 2.75) is 26.9 Å². The van der Waals surface area contributed by atoms with E-state index >= 15 is 0 Å². The number of hydrogen-bond acceptors (Lipinski definition) is 3. The lowest BCUT2D eigenvalue weighted by molar-refractivity contribution is -0.126. The van der Waals surface area contributed by atoms with Crippen LogP contribution in [-0.4, -0.2) is 25.0 Å². The molecule has 0 fully saturated rings. The van der Waals surface area contributed by atoms with Gasteiger partial charge in [-0.25, -0.2) is 4.79 Å². The second-order valence-electron chi connectivity index (χ2n) is 5.60. The summed E-state index contributed by atoms with van der Waals surface area (Å²) in [6.45, 7) is 5.34. The first-order valence-electron chi connectivity index (χ1n) is 7.51. The van der Waals surface area contributed by atoms with Crippen LogP contribution in [0, 0.1) is 13.8 Å². The largest absolute Gasteiger partial charge is 0.449 e. The van der Waals surface area contributed by atoms with Crippen molar-refractivity contribution < 1.29 is 14.3 Å². The fourth-order valence-electron chi connectivity index (χ4n) is 2.28. The topological polar surface area (TPSA) is 46.6 Å². The molecule has 4 nitrogen and oxygen atoms in total. The summed E-state index contributed by atoms with van der Waals surface area (Å²) >= 11 is 0. The third-order valence-electron chi connectivity index (χ3n) is 3.72. The number of amides is 1. The van der Waals surface area contributed by atoms with Crippen molar-refractivity contribution in [2.24, 2.45) is 0 Å². The summed E-state index contributed by atoms with van der Waals surface area (Å²) in [5, 5.41) is 0. The minimum atomic E-state index is -0.854. The number of benzene rings is 2. The van der Waals surface area contributed by atoms with E-state index < -0.39 is 12.1 Å². The standard InChI is InChI=1S/C19H21NO3/c1-13-10-11-14(2)17(12-13)19(22)23-15(3)18(21)20(4)16-8-6-5-7-9-16/h5-12,15H,1-4H3/t15-/m1/s1. The van der Waals surface area contributed by atoms with Crippen LogP contribution in [0.3, 0.4) is 0 Å². The smallest absolute Gasteiger partial charge is 0.339 e. The molecule has 120 valence electrons. The van der Waals surface area contributed by atoms with Crippen molar-refractivity contribution in [1.29, 1.82) is 0 Å². The normalized spacial score (nSPS) is 11.7. The molecule has 2 rings (SSSR count). The highest BCUT2D eigenvalue weighted by Gasteiger charge is 2.23. The van der Waals surface area contributed by atoms with Gasteiger partial charge in [-0.2, -0.15) is 0 Å². The molecule has 1 amide bonds. The van der Waals surface area contributed by atoms with Crippen molar-refractivity contribution in [3.05, 3.63) is 65.2 Å². The predicted octanol–water partition coefficient (Wildman–Crippen LogP) is 3.51. The molecule has 23 heavy (non-hydrogen) atoms. The minimum absolute atomic E-state index is 0.269. The third kappa shape index (κ3) is 3.97. The number of rotatable bonds is 4. The number of ether oxygens (including phenoxy) is 1. The molecule has 0 saturated heterocycles. The first-order chi connectivity index (χ1) is 10.9. The Bertz CT molecular complexity index is 710. The fraction of sp³-hybridized carbons (Fsp3) is 0.263. The van der Waals surface area contributed by atoms with Crippen LogP contribution in [0.25, 0.3) is 0 Å². The highest BCUT2D eigenvalue weighted by molar-refractivity contribution is 5.99. The van der Waals surface area contributed by atoms with Gasteiger partial charge in [-0.1, -0.05) is 35.9 Å². The number of nitrogens with zero attached hydrogens (tertiary/aromatic N) is 1. The van der Waals surface area contributed by atoms with Gasteiger partial charge in [0.05, 0.1) is 5.56 Å². The third-order valence-corrected chi connectivity index (χ3v) is 3.72. The Hall–Kier alpha value is -2.62. The lowest BCUT2D eigenvalue weighted by atomic mass is 10.1. The maximum Gasteiger partial charge on any atom is 0.339 e. The summed E-state index contributed by atoms with van der Waals surface area (Å²) in [5.74, 6) is -0.747. The number of likely N-dealkylation sites (N-methyl/N-ethyl adjacent to an activating group) is 1. The first kappa shape index (κ1) is 16.7. The lowest BCUT2D eigenvalue weighted by Crippen LogP contribution is -2.37. The molecule has 0 heterocycles. The number of carbonyl (C=O) groups excluding carboxylic acids is 2. The van der Waals surface area contributed by atoms with Crippen molar-refractivity contribution in [3.63, 3.8) is 0 Å². The second kappa shape index (κ2) is 7.09. The summed E-state index contributed by atoms with van der Waals surface area (Å²) in [7, 11) is 1.67. The Morgan fingerprint density at radius 3 is 2.35 bits per heavy atom. The molecular formula is C19H21NO3. The Morgan fingerprint density at radius 1 is 1.04 bits per heavy atom. The highest BCUT2D eigenvalue weighted by atomic mass is 16.5. The van der Waals surface area contributed by atoms with Gasteiger partial charge in [-0.3, -0.25) is 4.79 Å². The Morgan fingerprint density at radius 2 is 1.70 bits per heavy atom. The second-order valence-corrected chi connectivity index (χ2v) is 5.60. The summed E-state index contributed by atoms with van der Waals surface area (Å²) in [5.41, 5.74) is 3.05. The van der Waals surface area contributed by atoms with Crippen molar-refractivity contribution in [3.8, 4) is 0 Å². The molecule has 0 unspecified atom stereocenters. The van der Waals surface area contributed by atoms with Gasteiger partial charge >= 0.3 is 5.97 Å². The van der Waals surface area contributed by atoms with Gasteiger partial charge in [-0.15, -0.1) is 0 Å². The summed E-state index contributed by atoms with van der Waals surface area (Å²) in [6, 6.07) is 14.8. The number of anilines is 1. The molecule has 0 aromatic heterocycles. The zero-order chi connectivity index (χ0) is 17.0. The minimum Gasteiger partial charge on any atom is -0.449 e. The van der Waals surface area contributed by atoms with Crippen LogP contribution in [0.2, 0.25) is 0 Å². The molecule has 0 aliphatic heterocycles. The molecular weight excluding hydrogens is 290 g/mol. The van der Waals surface area contributed by atoms with Crippen LogP contribution in [0.5, 0.6) is 0 Å². The molecule has 2 aromatic rings. The molecule has 2 aromatic carbocycles. The average Bonchev–Trinajstić information content (AvgIpc) is 2.56. The van der Waals surface area contributed by atoms with Gasteiger partial charge in [0.15, 0.2) is 6.10 Å².